The number of halogens is 1. The monoisotopic (exact) mass is 268 g/mol. The Hall–Kier alpha value is -1.06. The largest absolute Gasteiger partial charge is 0.349 e. The van der Waals surface area contributed by atoms with Gasteiger partial charge in [0.05, 0.1) is 6.04 Å². The van der Waals surface area contributed by atoms with Crippen molar-refractivity contribution in [1.82, 2.24) is 5.32 Å². The van der Waals surface area contributed by atoms with Gasteiger partial charge in [-0.3, -0.25) is 4.79 Å². The summed E-state index contributed by atoms with van der Waals surface area (Å²) in [6.45, 7) is 2.27. The van der Waals surface area contributed by atoms with Gasteiger partial charge in [0.25, 0.3) is 0 Å². The number of carbonyl (C=O) groups is 1. The van der Waals surface area contributed by atoms with E-state index in [0.29, 0.717) is 12.5 Å². The van der Waals surface area contributed by atoms with Crippen molar-refractivity contribution in [2.45, 2.75) is 25.8 Å². The van der Waals surface area contributed by atoms with Crippen molar-refractivity contribution in [1.29, 1.82) is 0 Å². The van der Waals surface area contributed by atoms with Crippen LogP contribution in [0, 0.1) is 11.8 Å². The molecule has 0 aromatic heterocycles. The fraction of sp³-hybridized carbons (Fsp3) is 0.500. The lowest BCUT2D eigenvalue weighted by atomic mass is 10.0. The molecule has 3 N–H and O–H groups in total. The van der Waals surface area contributed by atoms with Crippen molar-refractivity contribution >= 4 is 18.3 Å². The molecule has 1 aromatic carbocycles. The molecule has 1 saturated carbocycles. The molecule has 2 unspecified atom stereocenters. The lowest BCUT2D eigenvalue weighted by molar-refractivity contribution is -0.125. The topological polar surface area (TPSA) is 55.1 Å². The average Bonchev–Trinajstić information content (AvgIpc) is 3.20. The number of rotatable bonds is 5. The first-order valence-corrected chi connectivity index (χ1v) is 6.27. The minimum Gasteiger partial charge on any atom is -0.349 e. The molecule has 4 heteroatoms. The summed E-state index contributed by atoms with van der Waals surface area (Å²) in [4.78, 5) is 11.9. The van der Waals surface area contributed by atoms with Crippen molar-refractivity contribution in [2.24, 2.45) is 17.6 Å². The third-order valence-corrected chi connectivity index (χ3v) is 3.35. The van der Waals surface area contributed by atoms with Gasteiger partial charge < -0.3 is 11.1 Å². The van der Waals surface area contributed by atoms with Crippen LogP contribution in [0.4, 0.5) is 0 Å². The summed E-state index contributed by atoms with van der Waals surface area (Å²) in [5.41, 5.74) is 6.72. The summed E-state index contributed by atoms with van der Waals surface area (Å²) in [5.74, 6) is 0.555. The summed E-state index contributed by atoms with van der Waals surface area (Å²) in [5, 5.41) is 3.13. The molecule has 0 saturated heterocycles. The molecule has 0 bridgehead atoms. The first-order chi connectivity index (χ1) is 8.22. The number of nitrogens with one attached hydrogen (secondary N) is 1. The lowest BCUT2D eigenvalue weighted by Crippen LogP contribution is -2.36. The fourth-order valence-corrected chi connectivity index (χ4v) is 1.97. The minimum atomic E-state index is -0.111. The van der Waals surface area contributed by atoms with Crippen LogP contribution in [0.1, 0.15) is 31.4 Å². The molecule has 0 heterocycles. The van der Waals surface area contributed by atoms with Crippen LogP contribution < -0.4 is 11.1 Å². The predicted molar refractivity (Wildman–Crippen MR) is 75.5 cm³/mol. The second kappa shape index (κ2) is 6.76. The van der Waals surface area contributed by atoms with Crippen LogP contribution in [0.2, 0.25) is 0 Å². The highest BCUT2D eigenvalue weighted by Crippen LogP contribution is 2.40. The molecule has 0 radical (unpaired) electrons. The van der Waals surface area contributed by atoms with E-state index in [4.69, 9.17) is 5.73 Å². The molecule has 18 heavy (non-hydrogen) atoms. The Morgan fingerprint density at radius 2 is 2.00 bits per heavy atom. The number of hydrogen-bond acceptors (Lipinski definition) is 2. The standard InChI is InChI=1S/C14H20N2O.ClH/c1-10(9-15)14(17)16-13(12-7-8-12)11-5-3-2-4-6-11;/h2-6,10,12-13H,7-9,15H2,1H3,(H,16,17);1H. The third kappa shape index (κ3) is 3.72. The number of nitrogens with two attached hydrogens (primary N) is 1. The van der Waals surface area contributed by atoms with E-state index < -0.39 is 0 Å². The summed E-state index contributed by atoms with van der Waals surface area (Å²) in [6.07, 6.45) is 2.41. The Bertz CT molecular complexity index is 379. The van der Waals surface area contributed by atoms with Gasteiger partial charge in [0, 0.05) is 12.5 Å². The van der Waals surface area contributed by atoms with Crippen LogP contribution >= 0.6 is 12.4 Å². The molecular formula is C14H21ClN2O. The first-order valence-electron chi connectivity index (χ1n) is 6.27. The van der Waals surface area contributed by atoms with E-state index in [1.54, 1.807) is 0 Å². The van der Waals surface area contributed by atoms with Crippen LogP contribution in [0.25, 0.3) is 0 Å². The number of hydrogen-bond donors (Lipinski definition) is 2. The molecule has 1 amide bonds. The van der Waals surface area contributed by atoms with Gasteiger partial charge in [0.2, 0.25) is 5.91 Å². The number of carbonyl (C=O) groups excluding carboxylic acids is 1. The molecule has 0 aliphatic heterocycles. The zero-order valence-corrected chi connectivity index (χ0v) is 11.5. The van der Waals surface area contributed by atoms with E-state index in [1.807, 2.05) is 25.1 Å². The number of benzene rings is 1. The van der Waals surface area contributed by atoms with Gasteiger partial charge in [-0.05, 0) is 24.3 Å². The molecule has 1 fully saturated rings. The lowest BCUT2D eigenvalue weighted by Gasteiger charge is -2.20. The van der Waals surface area contributed by atoms with E-state index in [-0.39, 0.29) is 30.3 Å². The van der Waals surface area contributed by atoms with Crippen LogP contribution in [0.5, 0.6) is 0 Å². The van der Waals surface area contributed by atoms with Crippen LogP contribution in [-0.4, -0.2) is 12.5 Å². The summed E-state index contributed by atoms with van der Waals surface area (Å²) in [7, 11) is 0. The maximum atomic E-state index is 11.9. The predicted octanol–water partition coefficient (Wildman–Crippen LogP) is 2.27. The smallest absolute Gasteiger partial charge is 0.224 e. The summed E-state index contributed by atoms with van der Waals surface area (Å²) >= 11 is 0. The minimum absolute atomic E-state index is 0. The first kappa shape index (κ1) is 15.0. The van der Waals surface area contributed by atoms with Crippen LogP contribution in [-0.2, 0) is 4.79 Å². The van der Waals surface area contributed by atoms with Crippen LogP contribution in [0.3, 0.4) is 0 Å². The van der Waals surface area contributed by atoms with Crippen molar-refractivity contribution in [3.63, 3.8) is 0 Å². The van der Waals surface area contributed by atoms with Crippen molar-refractivity contribution in [3.05, 3.63) is 35.9 Å². The van der Waals surface area contributed by atoms with Gasteiger partial charge in [-0.25, -0.2) is 0 Å². The normalized spacial score (nSPS) is 17.4. The second-order valence-electron chi connectivity index (χ2n) is 4.87. The highest BCUT2D eigenvalue weighted by atomic mass is 35.5. The number of amides is 1. The van der Waals surface area contributed by atoms with Gasteiger partial charge in [0.1, 0.15) is 0 Å². The molecule has 1 aliphatic carbocycles. The highest BCUT2D eigenvalue weighted by Gasteiger charge is 2.33. The Morgan fingerprint density at radius 3 is 2.50 bits per heavy atom. The third-order valence-electron chi connectivity index (χ3n) is 3.35. The van der Waals surface area contributed by atoms with Gasteiger partial charge in [-0.2, -0.15) is 0 Å². The average molecular weight is 269 g/mol. The Balaban J connectivity index is 0.00000162. The zero-order valence-electron chi connectivity index (χ0n) is 10.6. The van der Waals surface area contributed by atoms with E-state index >= 15 is 0 Å². The van der Waals surface area contributed by atoms with Crippen molar-refractivity contribution < 1.29 is 4.79 Å². The van der Waals surface area contributed by atoms with Crippen molar-refractivity contribution in [3.8, 4) is 0 Å². The Morgan fingerprint density at radius 1 is 1.39 bits per heavy atom. The van der Waals surface area contributed by atoms with Crippen molar-refractivity contribution in [2.75, 3.05) is 6.54 Å². The molecule has 100 valence electrons. The molecular weight excluding hydrogens is 248 g/mol. The summed E-state index contributed by atoms with van der Waals surface area (Å²) in [6, 6.07) is 10.4. The van der Waals surface area contributed by atoms with E-state index in [0.717, 1.165) is 0 Å². The van der Waals surface area contributed by atoms with Gasteiger partial charge in [-0.1, -0.05) is 37.3 Å². The van der Waals surface area contributed by atoms with E-state index in [1.165, 1.54) is 18.4 Å². The Labute approximate surface area is 115 Å². The quantitative estimate of drug-likeness (QED) is 0.861. The molecule has 1 aromatic rings. The highest BCUT2D eigenvalue weighted by molar-refractivity contribution is 5.85. The van der Waals surface area contributed by atoms with E-state index in [2.05, 4.69) is 17.4 Å². The SMILES string of the molecule is CC(CN)C(=O)NC(c1ccccc1)C1CC1.Cl. The Kier molecular flexibility index (Phi) is 5.63. The van der Waals surface area contributed by atoms with Gasteiger partial charge in [0.15, 0.2) is 0 Å². The maximum Gasteiger partial charge on any atom is 0.224 e. The van der Waals surface area contributed by atoms with Gasteiger partial charge >= 0.3 is 0 Å². The molecule has 3 nitrogen and oxygen atoms in total. The van der Waals surface area contributed by atoms with E-state index in [9.17, 15) is 4.79 Å². The van der Waals surface area contributed by atoms with Gasteiger partial charge in [-0.15, -0.1) is 12.4 Å². The fourth-order valence-electron chi connectivity index (χ4n) is 1.97. The van der Waals surface area contributed by atoms with Crippen LogP contribution in [0.15, 0.2) is 30.3 Å². The summed E-state index contributed by atoms with van der Waals surface area (Å²) < 4.78 is 0. The molecule has 1 aliphatic rings. The molecule has 0 spiro atoms. The second-order valence-corrected chi connectivity index (χ2v) is 4.87. The zero-order chi connectivity index (χ0) is 12.3. The molecule has 2 atom stereocenters. The maximum absolute atomic E-state index is 11.9. The molecule has 2 rings (SSSR count).